The first-order valence-corrected chi connectivity index (χ1v) is 9.27. The number of fused-ring (bicyclic) bond motifs is 1. The van der Waals surface area contributed by atoms with Gasteiger partial charge in [-0.15, -0.1) is 0 Å². The lowest BCUT2D eigenvalue weighted by Crippen LogP contribution is -2.37. The quantitative estimate of drug-likeness (QED) is 0.900. The smallest absolute Gasteiger partial charge is 0.232 e. The van der Waals surface area contributed by atoms with E-state index in [9.17, 15) is 13.2 Å². The Labute approximate surface area is 131 Å². The van der Waals surface area contributed by atoms with Crippen LogP contribution in [0.1, 0.15) is 26.7 Å². The topological polar surface area (TPSA) is 75.7 Å². The Kier molecular flexibility index (Phi) is 4.95. The minimum absolute atomic E-state index is 0.0432. The van der Waals surface area contributed by atoms with Crippen LogP contribution in [0, 0.1) is 5.92 Å². The monoisotopic (exact) mass is 326 g/mol. The minimum atomic E-state index is -3.37. The molecule has 2 rings (SSSR count). The molecule has 1 amide bonds. The van der Waals surface area contributed by atoms with Crippen LogP contribution in [0.3, 0.4) is 0 Å². The Bertz CT molecular complexity index is 654. The molecule has 0 radical (unpaired) electrons. The van der Waals surface area contributed by atoms with E-state index >= 15 is 0 Å². The van der Waals surface area contributed by atoms with Crippen molar-refractivity contribution in [1.82, 2.24) is 0 Å². The van der Waals surface area contributed by atoms with E-state index in [-0.39, 0.29) is 18.4 Å². The zero-order valence-electron chi connectivity index (χ0n) is 13.1. The third-order valence-electron chi connectivity index (χ3n) is 3.80. The number of rotatable bonds is 5. The largest absolute Gasteiger partial charge is 0.489 e. The van der Waals surface area contributed by atoms with E-state index in [1.807, 2.05) is 13.8 Å². The van der Waals surface area contributed by atoms with E-state index in [1.54, 1.807) is 18.2 Å². The zero-order chi connectivity index (χ0) is 16.3. The van der Waals surface area contributed by atoms with Gasteiger partial charge in [-0.05, 0) is 31.0 Å². The van der Waals surface area contributed by atoms with Crippen molar-refractivity contribution >= 4 is 27.3 Å². The van der Waals surface area contributed by atoms with Gasteiger partial charge in [-0.1, -0.05) is 13.8 Å². The van der Waals surface area contributed by atoms with Crippen LogP contribution in [0.15, 0.2) is 18.2 Å². The van der Waals surface area contributed by atoms with Crippen molar-refractivity contribution in [3.63, 3.8) is 0 Å². The Morgan fingerprint density at radius 2 is 2.05 bits per heavy atom. The summed E-state index contributed by atoms with van der Waals surface area (Å²) in [5.41, 5.74) is 1.05. The van der Waals surface area contributed by atoms with Crippen LogP contribution in [0.2, 0.25) is 0 Å². The molecule has 1 aromatic rings. The number of carbonyl (C=O) groups is 1. The van der Waals surface area contributed by atoms with Gasteiger partial charge in [0.15, 0.2) is 0 Å². The Morgan fingerprint density at radius 3 is 2.64 bits per heavy atom. The van der Waals surface area contributed by atoms with Crippen LogP contribution in [-0.2, 0) is 14.8 Å². The van der Waals surface area contributed by atoms with Crippen LogP contribution in [0.4, 0.5) is 11.4 Å². The van der Waals surface area contributed by atoms with Gasteiger partial charge in [-0.3, -0.25) is 9.10 Å². The predicted molar refractivity (Wildman–Crippen MR) is 86.8 cm³/mol. The molecule has 1 aliphatic heterocycles. The summed E-state index contributed by atoms with van der Waals surface area (Å²) < 4.78 is 30.5. The van der Waals surface area contributed by atoms with Gasteiger partial charge in [0.25, 0.3) is 0 Å². The molecule has 0 spiro atoms. The van der Waals surface area contributed by atoms with Crippen LogP contribution in [0.5, 0.6) is 5.75 Å². The number of hydrogen-bond donors (Lipinski definition) is 1. The fraction of sp³-hybridized carbons (Fsp3) is 0.533. The number of nitrogens with one attached hydrogen (secondary N) is 1. The molecular formula is C15H22N2O4S. The normalized spacial score (nSPS) is 14.5. The van der Waals surface area contributed by atoms with Gasteiger partial charge in [0.1, 0.15) is 12.4 Å². The second kappa shape index (κ2) is 6.56. The lowest BCUT2D eigenvalue weighted by Gasteiger charge is -2.29. The molecule has 1 heterocycles. The van der Waals surface area contributed by atoms with Crippen molar-refractivity contribution in [2.24, 2.45) is 5.92 Å². The van der Waals surface area contributed by atoms with Crippen molar-refractivity contribution < 1.29 is 17.9 Å². The summed E-state index contributed by atoms with van der Waals surface area (Å²) >= 11 is 0. The maximum absolute atomic E-state index is 12.1. The first-order chi connectivity index (χ1) is 10.4. The average Bonchev–Trinajstić information content (AvgIpc) is 2.46. The lowest BCUT2D eigenvalue weighted by atomic mass is 10.0. The maximum Gasteiger partial charge on any atom is 0.232 e. The van der Waals surface area contributed by atoms with Crippen LogP contribution < -0.4 is 14.4 Å². The van der Waals surface area contributed by atoms with Gasteiger partial charge in [0, 0.05) is 11.6 Å². The van der Waals surface area contributed by atoms with E-state index in [0.29, 0.717) is 23.7 Å². The zero-order valence-corrected chi connectivity index (χ0v) is 13.9. The molecule has 7 heteroatoms. The van der Waals surface area contributed by atoms with E-state index in [0.717, 1.165) is 19.1 Å². The summed E-state index contributed by atoms with van der Waals surface area (Å²) in [6, 6.07) is 5.07. The fourth-order valence-electron chi connectivity index (χ4n) is 2.52. The molecule has 1 aliphatic rings. The third kappa shape index (κ3) is 3.52. The Hall–Kier alpha value is -1.76. The average molecular weight is 326 g/mol. The molecular weight excluding hydrogens is 304 g/mol. The Balaban J connectivity index is 2.28. The molecule has 22 heavy (non-hydrogen) atoms. The summed E-state index contributed by atoms with van der Waals surface area (Å²) in [6.45, 7) is 4.54. The highest BCUT2D eigenvalue weighted by Gasteiger charge is 2.26. The number of nitrogens with zero attached hydrogens (tertiary/aromatic N) is 1. The van der Waals surface area contributed by atoms with Crippen LogP contribution in [-0.4, -0.2) is 33.7 Å². The summed E-state index contributed by atoms with van der Waals surface area (Å²) in [5, 5.41) is 2.85. The van der Waals surface area contributed by atoms with E-state index in [1.165, 1.54) is 4.31 Å². The van der Waals surface area contributed by atoms with Gasteiger partial charge >= 0.3 is 0 Å². The fourth-order valence-corrected chi connectivity index (χ4v) is 3.43. The van der Waals surface area contributed by atoms with Gasteiger partial charge in [-0.25, -0.2) is 8.42 Å². The SMILES string of the molecule is CCC(CC)C(=O)Nc1ccc2c(c1)N(S(C)(=O)=O)CCO2. The summed E-state index contributed by atoms with van der Waals surface area (Å²) in [4.78, 5) is 12.1. The molecule has 1 aromatic carbocycles. The summed E-state index contributed by atoms with van der Waals surface area (Å²) in [7, 11) is -3.37. The molecule has 122 valence electrons. The van der Waals surface area contributed by atoms with Crippen molar-refractivity contribution in [1.29, 1.82) is 0 Å². The summed E-state index contributed by atoms with van der Waals surface area (Å²) in [5.74, 6) is 0.420. The molecule has 6 nitrogen and oxygen atoms in total. The molecule has 0 aliphatic carbocycles. The number of hydrogen-bond acceptors (Lipinski definition) is 4. The molecule has 0 atom stereocenters. The molecule has 1 N–H and O–H groups in total. The van der Waals surface area contributed by atoms with Crippen molar-refractivity contribution in [2.75, 3.05) is 29.0 Å². The lowest BCUT2D eigenvalue weighted by molar-refractivity contribution is -0.120. The van der Waals surface area contributed by atoms with Gasteiger partial charge in [0.2, 0.25) is 15.9 Å². The van der Waals surface area contributed by atoms with E-state index in [2.05, 4.69) is 5.32 Å². The highest BCUT2D eigenvalue weighted by atomic mass is 32.2. The van der Waals surface area contributed by atoms with Crippen molar-refractivity contribution in [2.45, 2.75) is 26.7 Å². The number of ether oxygens (including phenoxy) is 1. The van der Waals surface area contributed by atoms with Gasteiger partial charge < -0.3 is 10.1 Å². The highest BCUT2D eigenvalue weighted by Crippen LogP contribution is 2.35. The molecule has 0 saturated heterocycles. The number of amides is 1. The summed E-state index contributed by atoms with van der Waals surface area (Å²) in [6.07, 6.45) is 2.70. The molecule has 0 aromatic heterocycles. The minimum Gasteiger partial charge on any atom is -0.489 e. The number of benzene rings is 1. The third-order valence-corrected chi connectivity index (χ3v) is 4.98. The predicted octanol–water partition coefficient (Wildman–Crippen LogP) is 2.22. The first-order valence-electron chi connectivity index (χ1n) is 7.42. The molecule has 0 saturated carbocycles. The number of anilines is 2. The van der Waals surface area contributed by atoms with E-state index in [4.69, 9.17) is 4.74 Å². The molecule has 0 bridgehead atoms. The van der Waals surface area contributed by atoms with Gasteiger partial charge in [0.05, 0.1) is 18.5 Å². The second-order valence-corrected chi connectivity index (χ2v) is 7.28. The van der Waals surface area contributed by atoms with E-state index < -0.39 is 10.0 Å². The Morgan fingerprint density at radius 1 is 1.36 bits per heavy atom. The van der Waals surface area contributed by atoms with Crippen molar-refractivity contribution in [3.8, 4) is 5.75 Å². The maximum atomic E-state index is 12.1. The molecule has 0 unspecified atom stereocenters. The first kappa shape index (κ1) is 16.6. The van der Waals surface area contributed by atoms with Crippen molar-refractivity contribution in [3.05, 3.63) is 18.2 Å². The van der Waals surface area contributed by atoms with Gasteiger partial charge in [-0.2, -0.15) is 0 Å². The molecule has 0 fully saturated rings. The second-order valence-electron chi connectivity index (χ2n) is 5.37. The number of carbonyl (C=O) groups excluding carboxylic acids is 1. The number of sulfonamides is 1. The highest BCUT2D eigenvalue weighted by molar-refractivity contribution is 7.92. The van der Waals surface area contributed by atoms with Crippen LogP contribution in [0.25, 0.3) is 0 Å². The van der Waals surface area contributed by atoms with Crippen LogP contribution >= 0.6 is 0 Å². The standard InChI is InChI=1S/C15H22N2O4S/c1-4-11(5-2)15(18)16-12-6-7-14-13(10-12)17(8-9-21-14)22(3,19)20/h6-7,10-11H,4-5,8-9H2,1-3H3,(H,16,18).